The molecule has 0 saturated heterocycles. The van der Waals surface area contributed by atoms with Crippen molar-refractivity contribution in [3.63, 3.8) is 0 Å². The molecule has 0 amide bonds. The summed E-state index contributed by atoms with van der Waals surface area (Å²) >= 11 is 0. The first-order chi connectivity index (χ1) is 48.4. The summed E-state index contributed by atoms with van der Waals surface area (Å²) in [5, 5.41) is 10.6. The number of carbonyl (C=O) groups excluding carboxylic acids is 4. The summed E-state index contributed by atoms with van der Waals surface area (Å²) in [4.78, 5) is 73.0. The third-order valence-electron chi connectivity index (χ3n) is 19.3. The summed E-state index contributed by atoms with van der Waals surface area (Å²) in [6.45, 7) is 9.62. The molecule has 0 fully saturated rings. The maximum atomic E-state index is 13.1. The molecule has 0 spiro atoms. The van der Waals surface area contributed by atoms with Gasteiger partial charge in [-0.15, -0.1) is 0 Å². The van der Waals surface area contributed by atoms with E-state index >= 15 is 0 Å². The average molecular weight is 1470 g/mol. The van der Waals surface area contributed by atoms with Gasteiger partial charge in [-0.05, 0) is 37.5 Å². The van der Waals surface area contributed by atoms with E-state index in [9.17, 15) is 43.2 Å². The molecule has 19 heteroatoms. The second kappa shape index (κ2) is 72.6. The number of ether oxygens (including phenoxy) is 4. The Morgan fingerprint density at radius 3 is 0.760 bits per heavy atom. The van der Waals surface area contributed by atoms with E-state index in [1.54, 1.807) is 0 Å². The first-order valence-electron chi connectivity index (χ1n) is 42.0. The van der Waals surface area contributed by atoms with Crippen LogP contribution in [-0.4, -0.2) is 96.7 Å². The van der Waals surface area contributed by atoms with Gasteiger partial charge >= 0.3 is 39.5 Å². The summed E-state index contributed by atoms with van der Waals surface area (Å²) in [5.41, 5.74) is 0. The molecule has 0 aliphatic heterocycles. The highest BCUT2D eigenvalue weighted by atomic mass is 31.2. The third kappa shape index (κ3) is 73.0. The lowest BCUT2D eigenvalue weighted by molar-refractivity contribution is -0.161. The van der Waals surface area contributed by atoms with Crippen molar-refractivity contribution < 1.29 is 80.2 Å². The molecular formula is C81H158O17P2. The zero-order valence-corrected chi connectivity index (χ0v) is 67.3. The Hall–Kier alpha value is -1.94. The van der Waals surface area contributed by atoms with Gasteiger partial charge in [-0.3, -0.25) is 37.3 Å². The van der Waals surface area contributed by atoms with E-state index < -0.39 is 97.5 Å². The van der Waals surface area contributed by atoms with Crippen LogP contribution >= 0.6 is 15.6 Å². The molecule has 17 nitrogen and oxygen atoms in total. The van der Waals surface area contributed by atoms with Crippen molar-refractivity contribution in [2.75, 3.05) is 39.6 Å². The largest absolute Gasteiger partial charge is 0.472 e. The minimum Gasteiger partial charge on any atom is -0.462 e. The normalized spacial score (nSPS) is 14.2. The maximum Gasteiger partial charge on any atom is 0.472 e. The lowest BCUT2D eigenvalue weighted by Gasteiger charge is -2.21. The Morgan fingerprint density at radius 1 is 0.290 bits per heavy atom. The summed E-state index contributed by atoms with van der Waals surface area (Å²) in [6.07, 6.45) is 62.4. The Labute approximate surface area is 613 Å². The molecule has 0 aromatic carbocycles. The van der Waals surface area contributed by atoms with Gasteiger partial charge in [-0.2, -0.15) is 0 Å². The minimum absolute atomic E-state index is 0.108. The molecule has 594 valence electrons. The number of unbranched alkanes of at least 4 members (excludes halogenated alkanes) is 49. The molecule has 0 aromatic heterocycles. The van der Waals surface area contributed by atoms with Gasteiger partial charge in [-0.25, -0.2) is 9.13 Å². The Balaban J connectivity index is 5.25. The summed E-state index contributed by atoms with van der Waals surface area (Å²) < 4.78 is 68.7. The van der Waals surface area contributed by atoms with Crippen molar-refractivity contribution in [3.8, 4) is 0 Å². The van der Waals surface area contributed by atoms with E-state index in [1.807, 2.05) is 0 Å². The van der Waals surface area contributed by atoms with Crippen molar-refractivity contribution >= 4 is 39.5 Å². The van der Waals surface area contributed by atoms with E-state index in [2.05, 4.69) is 41.5 Å². The number of carbonyl (C=O) groups is 4. The Morgan fingerprint density at radius 2 is 0.510 bits per heavy atom. The fourth-order valence-electron chi connectivity index (χ4n) is 12.5. The van der Waals surface area contributed by atoms with Crippen LogP contribution in [0.4, 0.5) is 0 Å². The Bertz CT molecular complexity index is 1930. The Kier molecular flexibility index (Phi) is 71.2. The maximum absolute atomic E-state index is 13.1. The van der Waals surface area contributed by atoms with Gasteiger partial charge in [0.05, 0.1) is 26.4 Å². The van der Waals surface area contributed by atoms with Crippen LogP contribution in [0.2, 0.25) is 0 Å². The number of phosphoric ester groups is 2. The molecule has 6 atom stereocenters. The van der Waals surface area contributed by atoms with Gasteiger partial charge in [-0.1, -0.05) is 375 Å². The molecule has 3 unspecified atom stereocenters. The molecular weight excluding hydrogens is 1310 g/mol. The lowest BCUT2D eigenvalue weighted by atomic mass is 10.00. The van der Waals surface area contributed by atoms with Crippen LogP contribution in [0.3, 0.4) is 0 Å². The molecule has 0 rings (SSSR count). The van der Waals surface area contributed by atoms with E-state index in [-0.39, 0.29) is 25.7 Å². The number of esters is 4. The quantitative estimate of drug-likeness (QED) is 0.0222. The zero-order chi connectivity index (χ0) is 73.5. The second-order valence-electron chi connectivity index (χ2n) is 29.9. The predicted octanol–water partition coefficient (Wildman–Crippen LogP) is 24.3. The number of aliphatic hydroxyl groups excluding tert-OH is 1. The standard InChI is InChI=1S/C81H158O17P2/c1-7-10-12-14-16-18-20-22-24-26-27-29-33-38-42-46-54-60-65-80(85)97-76(69-91-78(83)63-57-51-44-40-36-34-30-31-35-39-43-49-55-61-73(4)5)71-95-99(87,88)93-67-75(82)68-94-100(89,90)96-72-77(70-92-79(84)64-58-52-48-47-50-56-62-74(6)9-3)98-81(86)66-59-53-45-41-37-32-28-25-23-21-19-17-15-13-11-8-2/h73-77,82H,7-72H2,1-6H3,(H,87,88)(H,89,90)/t74?,75-,76-,77-/m1/s1. The third-order valence-corrected chi connectivity index (χ3v) is 21.2. The van der Waals surface area contributed by atoms with E-state index in [1.165, 1.54) is 238 Å². The van der Waals surface area contributed by atoms with Gasteiger partial charge in [0.1, 0.15) is 19.3 Å². The molecule has 3 N–H and O–H groups in total. The highest BCUT2D eigenvalue weighted by molar-refractivity contribution is 7.47. The van der Waals surface area contributed by atoms with Crippen molar-refractivity contribution in [2.24, 2.45) is 11.8 Å². The number of aliphatic hydroxyl groups is 1. The monoisotopic (exact) mass is 1470 g/mol. The molecule has 100 heavy (non-hydrogen) atoms. The van der Waals surface area contributed by atoms with E-state index in [0.717, 1.165) is 108 Å². The first-order valence-corrected chi connectivity index (χ1v) is 45.0. The van der Waals surface area contributed by atoms with Gasteiger partial charge in [0, 0.05) is 25.7 Å². The van der Waals surface area contributed by atoms with Crippen LogP contribution < -0.4 is 0 Å². The smallest absolute Gasteiger partial charge is 0.462 e. The number of hydrogen-bond acceptors (Lipinski definition) is 15. The number of hydrogen-bond donors (Lipinski definition) is 3. The molecule has 0 aliphatic carbocycles. The highest BCUT2D eigenvalue weighted by Crippen LogP contribution is 2.45. The van der Waals surface area contributed by atoms with Crippen molar-refractivity contribution in [3.05, 3.63) is 0 Å². The molecule has 0 radical (unpaired) electrons. The molecule has 0 bridgehead atoms. The van der Waals surface area contributed by atoms with Gasteiger partial charge < -0.3 is 33.8 Å². The average Bonchev–Trinajstić information content (AvgIpc) is 0.968. The van der Waals surface area contributed by atoms with E-state index in [4.69, 9.17) is 37.0 Å². The fraction of sp³-hybridized carbons (Fsp3) is 0.951. The molecule has 0 heterocycles. The zero-order valence-electron chi connectivity index (χ0n) is 65.5. The molecule has 0 saturated carbocycles. The number of phosphoric acid groups is 2. The van der Waals surface area contributed by atoms with Crippen LogP contribution in [0.15, 0.2) is 0 Å². The summed E-state index contributed by atoms with van der Waals surface area (Å²) in [5.74, 6) is -0.586. The van der Waals surface area contributed by atoms with Gasteiger partial charge in [0.25, 0.3) is 0 Å². The van der Waals surface area contributed by atoms with Crippen LogP contribution in [0.25, 0.3) is 0 Å². The minimum atomic E-state index is -4.96. The molecule has 0 aromatic rings. The van der Waals surface area contributed by atoms with Crippen LogP contribution in [-0.2, 0) is 65.4 Å². The highest BCUT2D eigenvalue weighted by Gasteiger charge is 2.30. The summed E-state index contributed by atoms with van der Waals surface area (Å²) in [7, 11) is -9.92. The topological polar surface area (TPSA) is 237 Å². The van der Waals surface area contributed by atoms with Gasteiger partial charge in [0.2, 0.25) is 0 Å². The molecule has 0 aliphatic rings. The van der Waals surface area contributed by atoms with Crippen LogP contribution in [0, 0.1) is 11.8 Å². The second-order valence-corrected chi connectivity index (χ2v) is 32.8. The fourth-order valence-corrected chi connectivity index (χ4v) is 14.1. The number of rotatable bonds is 80. The SMILES string of the molecule is CCCCCCCCCCCCCCCCCCCCC(=O)O[C@H](COC(=O)CCCCCCCCCCCCCCCC(C)C)COP(=O)(O)OC[C@@H](O)COP(=O)(O)OC[C@@H](COC(=O)CCCCCCCCC(C)CC)OC(=O)CCCCCCCCCCCCCCCCCC. The first kappa shape index (κ1) is 98.1. The predicted molar refractivity (Wildman–Crippen MR) is 409 cm³/mol. The van der Waals surface area contributed by atoms with Crippen molar-refractivity contribution in [2.45, 2.75) is 445 Å². The van der Waals surface area contributed by atoms with Crippen molar-refractivity contribution in [1.82, 2.24) is 0 Å². The van der Waals surface area contributed by atoms with Crippen LogP contribution in [0.5, 0.6) is 0 Å². The summed E-state index contributed by atoms with van der Waals surface area (Å²) in [6, 6.07) is 0. The lowest BCUT2D eigenvalue weighted by Crippen LogP contribution is -2.30. The van der Waals surface area contributed by atoms with Crippen molar-refractivity contribution in [1.29, 1.82) is 0 Å². The van der Waals surface area contributed by atoms with Crippen LogP contribution in [0.1, 0.15) is 427 Å². The van der Waals surface area contributed by atoms with Gasteiger partial charge in [0.15, 0.2) is 12.2 Å². The van der Waals surface area contributed by atoms with E-state index in [0.29, 0.717) is 25.7 Å².